The fraction of sp³-hybridized carbons (Fsp3) is 0.111. The smallest absolute Gasteiger partial charge is 0.360 e. The van der Waals surface area contributed by atoms with Gasteiger partial charge in [-0.1, -0.05) is 58.7 Å². The van der Waals surface area contributed by atoms with Crippen molar-refractivity contribution in [2.24, 2.45) is 0 Å². The van der Waals surface area contributed by atoms with Gasteiger partial charge < -0.3 is 4.85 Å². The predicted molar refractivity (Wildman–Crippen MR) is 102 cm³/mol. The Labute approximate surface area is 160 Å². The van der Waals surface area contributed by atoms with Crippen molar-refractivity contribution in [2.75, 3.05) is 11.4 Å². The minimum atomic E-state index is -0.480. The second-order valence-electron chi connectivity index (χ2n) is 5.24. The maximum Gasteiger partial charge on any atom is 0.427 e. The number of halogens is 2. The van der Waals surface area contributed by atoms with E-state index in [0.717, 1.165) is 4.68 Å². The highest BCUT2D eigenvalue weighted by Crippen LogP contribution is 2.38. The van der Waals surface area contributed by atoms with Gasteiger partial charge in [0.05, 0.1) is 10.0 Å². The van der Waals surface area contributed by atoms with Crippen LogP contribution in [0, 0.1) is 6.57 Å². The lowest BCUT2D eigenvalue weighted by molar-refractivity contribution is 0.245. The molecule has 0 atom stereocenters. The van der Waals surface area contributed by atoms with Gasteiger partial charge in [0.25, 0.3) is 5.82 Å². The van der Waals surface area contributed by atoms with E-state index in [-0.39, 0.29) is 11.5 Å². The Balaban J connectivity index is 2.09. The zero-order valence-corrected chi connectivity index (χ0v) is 15.2. The molecule has 0 radical (unpaired) electrons. The van der Waals surface area contributed by atoms with Crippen LogP contribution in [0.15, 0.2) is 48.5 Å². The fourth-order valence-electron chi connectivity index (χ4n) is 2.54. The number of rotatable bonds is 3. The molecule has 1 aromatic heterocycles. The average Bonchev–Trinajstić information content (AvgIpc) is 3.06. The fourth-order valence-corrected chi connectivity index (χ4v) is 3.12. The van der Waals surface area contributed by atoms with Crippen molar-refractivity contribution < 1.29 is 4.79 Å². The molecule has 0 N–H and O–H groups in total. The number of amides is 1. The molecular formula is C18H13Cl2N5O. The van der Waals surface area contributed by atoms with Gasteiger partial charge >= 0.3 is 6.03 Å². The number of hydrogen-bond acceptors (Lipinski definition) is 3. The molecule has 0 unspecified atom stereocenters. The highest BCUT2D eigenvalue weighted by atomic mass is 35.5. The van der Waals surface area contributed by atoms with Gasteiger partial charge in [0.15, 0.2) is 0 Å². The monoisotopic (exact) mass is 385 g/mol. The number of hydrogen-bond donors (Lipinski definition) is 0. The molecule has 0 saturated heterocycles. The van der Waals surface area contributed by atoms with Gasteiger partial charge in [-0.05, 0) is 31.2 Å². The zero-order valence-electron chi connectivity index (χ0n) is 13.7. The van der Waals surface area contributed by atoms with Gasteiger partial charge in [0, 0.05) is 23.0 Å². The molecule has 3 aromatic rings. The molecule has 0 saturated carbocycles. The van der Waals surface area contributed by atoms with E-state index in [1.807, 2.05) is 37.3 Å². The number of anilines is 1. The summed E-state index contributed by atoms with van der Waals surface area (Å²) in [5, 5.41) is 8.54. The number of aromatic nitrogens is 3. The van der Waals surface area contributed by atoms with E-state index in [2.05, 4.69) is 15.2 Å². The molecule has 0 bridgehead atoms. The number of para-hydroxylation sites is 1. The number of nitrogens with zero attached hydrogens (tertiary/aromatic N) is 5. The third kappa shape index (κ3) is 3.15. The molecule has 1 heterocycles. The Hall–Kier alpha value is -2.88. The van der Waals surface area contributed by atoms with Crippen LogP contribution in [-0.2, 0) is 0 Å². The average molecular weight is 386 g/mol. The molecule has 2 aromatic carbocycles. The molecule has 0 aliphatic rings. The third-order valence-electron chi connectivity index (χ3n) is 3.75. The van der Waals surface area contributed by atoms with E-state index in [1.54, 1.807) is 18.2 Å². The molecule has 1 amide bonds. The summed E-state index contributed by atoms with van der Waals surface area (Å²) < 4.78 is 0.971. The van der Waals surface area contributed by atoms with Crippen molar-refractivity contribution in [3.8, 4) is 11.3 Å². The summed E-state index contributed by atoms with van der Waals surface area (Å²) in [4.78, 5) is 17.9. The first-order valence-corrected chi connectivity index (χ1v) is 8.48. The topological polar surface area (TPSA) is 55.4 Å². The maximum absolute atomic E-state index is 12.9. The molecule has 0 aliphatic heterocycles. The van der Waals surface area contributed by atoms with E-state index >= 15 is 0 Å². The SMILES string of the molecule is [C-]#[N+]c1c(-c2c(Cl)cccc2Cl)nnn1C(=O)N(CC)c1ccccc1. The van der Waals surface area contributed by atoms with Crippen molar-refractivity contribution in [1.82, 2.24) is 15.0 Å². The molecule has 26 heavy (non-hydrogen) atoms. The second kappa shape index (κ2) is 7.56. The van der Waals surface area contributed by atoms with E-state index in [9.17, 15) is 4.79 Å². The number of carbonyl (C=O) groups is 1. The van der Waals surface area contributed by atoms with Crippen molar-refractivity contribution in [3.63, 3.8) is 0 Å². The largest absolute Gasteiger partial charge is 0.427 e. The second-order valence-corrected chi connectivity index (χ2v) is 6.06. The third-order valence-corrected chi connectivity index (χ3v) is 4.38. The Morgan fingerprint density at radius 2 is 1.81 bits per heavy atom. The van der Waals surface area contributed by atoms with Crippen LogP contribution in [0.5, 0.6) is 0 Å². The first-order chi connectivity index (χ1) is 12.6. The van der Waals surface area contributed by atoms with Crippen LogP contribution in [0.4, 0.5) is 16.3 Å². The van der Waals surface area contributed by atoms with E-state index < -0.39 is 6.03 Å². The zero-order chi connectivity index (χ0) is 18.7. The Morgan fingerprint density at radius 3 is 2.38 bits per heavy atom. The van der Waals surface area contributed by atoms with E-state index in [1.165, 1.54) is 4.90 Å². The summed E-state index contributed by atoms with van der Waals surface area (Å²) in [6.07, 6.45) is 0. The van der Waals surface area contributed by atoms with Crippen molar-refractivity contribution in [2.45, 2.75) is 6.92 Å². The lowest BCUT2D eigenvalue weighted by atomic mass is 10.1. The van der Waals surface area contributed by atoms with Crippen LogP contribution in [0.25, 0.3) is 16.1 Å². The van der Waals surface area contributed by atoms with Gasteiger partial charge in [0.2, 0.25) is 0 Å². The number of benzene rings is 2. The molecule has 6 nitrogen and oxygen atoms in total. The van der Waals surface area contributed by atoms with E-state index in [4.69, 9.17) is 29.8 Å². The van der Waals surface area contributed by atoms with Gasteiger partial charge in [-0.25, -0.2) is 4.79 Å². The van der Waals surface area contributed by atoms with Crippen LogP contribution < -0.4 is 4.90 Å². The standard InChI is InChI=1S/C18H13Cl2N5O/c1-3-24(12-8-5-4-6-9-12)18(26)25-17(21-2)16(22-23-25)15-13(19)10-7-11-14(15)20/h4-11H,3H2,1H3. The van der Waals surface area contributed by atoms with Crippen LogP contribution in [-0.4, -0.2) is 27.6 Å². The summed E-state index contributed by atoms with van der Waals surface area (Å²) in [6, 6.07) is 13.6. The minimum absolute atomic E-state index is 0.0422. The molecule has 0 spiro atoms. The molecule has 130 valence electrons. The lowest BCUT2D eigenvalue weighted by Gasteiger charge is -2.18. The summed E-state index contributed by atoms with van der Waals surface area (Å²) in [5.74, 6) is -0.0422. The Kier molecular flexibility index (Phi) is 5.21. The van der Waals surface area contributed by atoms with Crippen LogP contribution in [0.2, 0.25) is 10.0 Å². The molecule has 0 fully saturated rings. The van der Waals surface area contributed by atoms with Crippen LogP contribution >= 0.6 is 23.2 Å². The van der Waals surface area contributed by atoms with Crippen LogP contribution in [0.3, 0.4) is 0 Å². The van der Waals surface area contributed by atoms with Crippen molar-refractivity contribution in [3.05, 3.63) is 70.0 Å². The van der Waals surface area contributed by atoms with E-state index in [0.29, 0.717) is 27.8 Å². The lowest BCUT2D eigenvalue weighted by Crippen LogP contribution is -2.35. The summed E-state index contributed by atoms with van der Waals surface area (Å²) in [6.45, 7) is 9.74. The quantitative estimate of drug-likeness (QED) is 0.574. The minimum Gasteiger partial charge on any atom is -0.360 e. The van der Waals surface area contributed by atoms with Gasteiger partial charge in [-0.3, -0.25) is 4.90 Å². The normalized spacial score (nSPS) is 10.4. The van der Waals surface area contributed by atoms with Crippen LogP contribution in [0.1, 0.15) is 6.92 Å². The molecule has 0 aliphatic carbocycles. The highest BCUT2D eigenvalue weighted by molar-refractivity contribution is 6.39. The first-order valence-electron chi connectivity index (χ1n) is 7.73. The Bertz CT molecular complexity index is 974. The summed E-state index contributed by atoms with van der Waals surface area (Å²) >= 11 is 12.4. The maximum atomic E-state index is 12.9. The Morgan fingerprint density at radius 1 is 1.15 bits per heavy atom. The van der Waals surface area contributed by atoms with Crippen molar-refractivity contribution in [1.29, 1.82) is 0 Å². The first kappa shape index (κ1) is 17.9. The molecular weight excluding hydrogens is 373 g/mol. The predicted octanol–water partition coefficient (Wildman–Crippen LogP) is 5.30. The van der Waals surface area contributed by atoms with Crippen molar-refractivity contribution >= 4 is 40.7 Å². The summed E-state index contributed by atoms with van der Waals surface area (Å²) in [7, 11) is 0. The summed E-state index contributed by atoms with van der Waals surface area (Å²) in [5.41, 5.74) is 1.25. The number of carbonyl (C=O) groups excluding carboxylic acids is 1. The van der Waals surface area contributed by atoms with Gasteiger partial charge in [-0.2, -0.15) is 0 Å². The highest BCUT2D eigenvalue weighted by Gasteiger charge is 2.28. The van der Waals surface area contributed by atoms with Gasteiger partial charge in [0.1, 0.15) is 5.69 Å². The molecule has 3 rings (SSSR count). The van der Waals surface area contributed by atoms with Gasteiger partial charge in [-0.15, -0.1) is 5.10 Å². The molecule has 8 heteroatoms.